The van der Waals surface area contributed by atoms with Gasteiger partial charge in [0.2, 0.25) is 10.0 Å². The smallest absolute Gasteiger partial charge is 0.323 e. The lowest BCUT2D eigenvalue weighted by Gasteiger charge is -2.26. The standard InChI is InChI=1S/C14H19NO4S2/c1-10(14(16)19-2)15(11-4-5-11)21(17,18)13-8-6-12(20-3)7-9-13/h6-11H,4-5H2,1-3H3. The minimum Gasteiger partial charge on any atom is -0.468 e. The molecular weight excluding hydrogens is 310 g/mol. The van der Waals surface area contributed by atoms with Gasteiger partial charge in [0.1, 0.15) is 6.04 Å². The van der Waals surface area contributed by atoms with Crippen LogP contribution in [0.2, 0.25) is 0 Å². The molecule has 0 aromatic heterocycles. The highest BCUT2D eigenvalue weighted by atomic mass is 32.2. The average Bonchev–Trinajstić information content (AvgIpc) is 3.30. The van der Waals surface area contributed by atoms with Crippen molar-refractivity contribution < 1.29 is 17.9 Å². The van der Waals surface area contributed by atoms with E-state index in [0.717, 1.165) is 17.7 Å². The van der Waals surface area contributed by atoms with Gasteiger partial charge in [0, 0.05) is 10.9 Å². The second kappa shape index (κ2) is 6.37. The van der Waals surface area contributed by atoms with Crippen LogP contribution in [-0.4, -0.2) is 44.1 Å². The molecule has 1 fully saturated rings. The highest BCUT2D eigenvalue weighted by molar-refractivity contribution is 7.98. The first kappa shape index (κ1) is 16.3. The number of benzene rings is 1. The fourth-order valence-electron chi connectivity index (χ4n) is 2.19. The predicted molar refractivity (Wildman–Crippen MR) is 81.7 cm³/mol. The van der Waals surface area contributed by atoms with Gasteiger partial charge in [0.25, 0.3) is 0 Å². The van der Waals surface area contributed by atoms with Gasteiger partial charge in [0.05, 0.1) is 12.0 Å². The minimum absolute atomic E-state index is 0.107. The fraction of sp³-hybridized carbons (Fsp3) is 0.500. The van der Waals surface area contributed by atoms with E-state index in [4.69, 9.17) is 4.74 Å². The summed E-state index contributed by atoms with van der Waals surface area (Å²) in [5.41, 5.74) is 0. The Morgan fingerprint density at radius 1 is 1.33 bits per heavy atom. The summed E-state index contributed by atoms with van der Waals surface area (Å²) < 4.78 is 31.5. The van der Waals surface area contributed by atoms with Crippen molar-refractivity contribution in [2.45, 2.75) is 41.6 Å². The van der Waals surface area contributed by atoms with Gasteiger partial charge in [-0.1, -0.05) is 0 Å². The van der Waals surface area contributed by atoms with Crippen LogP contribution in [0.1, 0.15) is 19.8 Å². The fourth-order valence-corrected chi connectivity index (χ4v) is 4.43. The summed E-state index contributed by atoms with van der Waals surface area (Å²) in [7, 11) is -2.43. The van der Waals surface area contributed by atoms with Crippen LogP contribution in [0.15, 0.2) is 34.1 Å². The molecule has 5 nitrogen and oxygen atoms in total. The molecule has 116 valence electrons. The second-order valence-corrected chi connectivity index (χ2v) is 7.66. The van der Waals surface area contributed by atoms with Gasteiger partial charge in [-0.3, -0.25) is 4.79 Å². The molecule has 0 N–H and O–H groups in total. The predicted octanol–water partition coefficient (Wildman–Crippen LogP) is 2.12. The van der Waals surface area contributed by atoms with Gasteiger partial charge in [-0.15, -0.1) is 11.8 Å². The molecule has 0 saturated heterocycles. The number of carbonyl (C=O) groups excluding carboxylic acids is 1. The Hall–Kier alpha value is -1.05. The van der Waals surface area contributed by atoms with Crippen LogP contribution in [0.3, 0.4) is 0 Å². The average molecular weight is 329 g/mol. The van der Waals surface area contributed by atoms with Crippen molar-refractivity contribution in [1.82, 2.24) is 4.31 Å². The highest BCUT2D eigenvalue weighted by Gasteiger charge is 2.43. The molecule has 1 aliphatic carbocycles. The van der Waals surface area contributed by atoms with E-state index in [9.17, 15) is 13.2 Å². The van der Waals surface area contributed by atoms with E-state index in [1.54, 1.807) is 43.0 Å². The normalized spacial score (nSPS) is 16.8. The van der Waals surface area contributed by atoms with Crippen LogP contribution in [0, 0.1) is 0 Å². The Kier molecular flexibility index (Phi) is 4.95. The van der Waals surface area contributed by atoms with Crippen molar-refractivity contribution in [3.05, 3.63) is 24.3 Å². The minimum atomic E-state index is -3.69. The monoisotopic (exact) mass is 329 g/mol. The third-order valence-corrected chi connectivity index (χ3v) is 6.25. The molecule has 0 amide bonds. The maximum absolute atomic E-state index is 12.8. The topological polar surface area (TPSA) is 63.7 Å². The first-order valence-electron chi connectivity index (χ1n) is 6.67. The van der Waals surface area contributed by atoms with Crippen molar-refractivity contribution in [1.29, 1.82) is 0 Å². The SMILES string of the molecule is COC(=O)C(C)N(C1CC1)S(=O)(=O)c1ccc(SC)cc1. The quantitative estimate of drug-likeness (QED) is 0.591. The van der Waals surface area contributed by atoms with E-state index >= 15 is 0 Å². The Bertz CT molecular complexity index is 608. The lowest BCUT2D eigenvalue weighted by Crippen LogP contribution is -2.45. The van der Waals surface area contributed by atoms with Crippen LogP contribution in [-0.2, 0) is 19.6 Å². The zero-order valence-corrected chi connectivity index (χ0v) is 13.9. The van der Waals surface area contributed by atoms with Crippen molar-refractivity contribution in [3.63, 3.8) is 0 Å². The molecule has 0 spiro atoms. The summed E-state index contributed by atoms with van der Waals surface area (Å²) in [4.78, 5) is 12.9. The molecule has 1 aromatic carbocycles. The maximum atomic E-state index is 12.8. The lowest BCUT2D eigenvalue weighted by molar-refractivity contribution is -0.144. The maximum Gasteiger partial charge on any atom is 0.323 e. The van der Waals surface area contributed by atoms with Crippen LogP contribution in [0.25, 0.3) is 0 Å². The van der Waals surface area contributed by atoms with Crippen molar-refractivity contribution in [2.75, 3.05) is 13.4 Å². The summed E-state index contributed by atoms with van der Waals surface area (Å²) in [5, 5.41) is 0. The largest absolute Gasteiger partial charge is 0.468 e. The third-order valence-electron chi connectivity index (χ3n) is 3.47. The van der Waals surface area contributed by atoms with Gasteiger partial charge >= 0.3 is 5.97 Å². The van der Waals surface area contributed by atoms with Crippen LogP contribution in [0.4, 0.5) is 0 Å². The molecule has 0 aliphatic heterocycles. The number of hydrogen-bond donors (Lipinski definition) is 0. The van der Waals surface area contributed by atoms with Gasteiger partial charge < -0.3 is 4.74 Å². The van der Waals surface area contributed by atoms with E-state index in [0.29, 0.717) is 0 Å². The number of sulfonamides is 1. The summed E-state index contributed by atoms with van der Waals surface area (Å²) >= 11 is 1.55. The highest BCUT2D eigenvalue weighted by Crippen LogP contribution is 2.34. The van der Waals surface area contributed by atoms with E-state index in [1.807, 2.05) is 6.26 Å². The van der Waals surface area contributed by atoms with Gasteiger partial charge in [-0.25, -0.2) is 8.42 Å². The van der Waals surface area contributed by atoms with Gasteiger partial charge in [0.15, 0.2) is 0 Å². The Morgan fingerprint density at radius 3 is 2.33 bits per heavy atom. The van der Waals surface area contributed by atoms with Crippen molar-refractivity contribution >= 4 is 27.8 Å². The molecule has 0 radical (unpaired) electrons. The van der Waals surface area contributed by atoms with Crippen LogP contribution in [0.5, 0.6) is 0 Å². The second-order valence-electron chi connectivity index (χ2n) is 4.94. The summed E-state index contributed by atoms with van der Waals surface area (Å²) in [6.07, 6.45) is 3.49. The van der Waals surface area contributed by atoms with E-state index in [2.05, 4.69) is 0 Å². The van der Waals surface area contributed by atoms with E-state index in [-0.39, 0.29) is 10.9 Å². The summed E-state index contributed by atoms with van der Waals surface area (Å²) in [5.74, 6) is -0.536. The van der Waals surface area contributed by atoms with E-state index < -0.39 is 22.0 Å². The molecule has 2 rings (SSSR count). The molecule has 1 atom stereocenters. The van der Waals surface area contributed by atoms with Gasteiger partial charge in [-0.2, -0.15) is 4.31 Å². The number of hydrogen-bond acceptors (Lipinski definition) is 5. The summed E-state index contributed by atoms with van der Waals surface area (Å²) in [6, 6.07) is 5.79. The van der Waals surface area contributed by atoms with Crippen LogP contribution < -0.4 is 0 Å². The molecule has 7 heteroatoms. The Labute approximate surface area is 129 Å². The first-order chi connectivity index (χ1) is 9.91. The Morgan fingerprint density at radius 2 is 1.90 bits per heavy atom. The number of methoxy groups -OCH3 is 1. The van der Waals surface area contributed by atoms with Crippen molar-refractivity contribution in [3.8, 4) is 0 Å². The molecule has 1 aromatic rings. The van der Waals surface area contributed by atoms with Crippen molar-refractivity contribution in [2.24, 2.45) is 0 Å². The van der Waals surface area contributed by atoms with E-state index in [1.165, 1.54) is 11.4 Å². The van der Waals surface area contributed by atoms with Crippen LogP contribution >= 0.6 is 11.8 Å². The lowest BCUT2D eigenvalue weighted by atomic mass is 10.3. The molecule has 21 heavy (non-hydrogen) atoms. The number of rotatable bonds is 6. The molecule has 1 aliphatic rings. The zero-order valence-electron chi connectivity index (χ0n) is 12.3. The molecular formula is C14H19NO4S2. The molecule has 0 heterocycles. The Balaban J connectivity index is 2.35. The number of thioether (sulfide) groups is 1. The molecule has 0 bridgehead atoms. The summed E-state index contributed by atoms with van der Waals surface area (Å²) in [6.45, 7) is 1.57. The molecule has 1 saturated carbocycles. The number of carbonyl (C=O) groups is 1. The number of nitrogens with zero attached hydrogens (tertiary/aromatic N) is 1. The molecule has 1 unspecified atom stereocenters. The van der Waals surface area contributed by atoms with Gasteiger partial charge in [-0.05, 0) is 50.3 Å². The number of esters is 1. The number of ether oxygens (including phenoxy) is 1. The third kappa shape index (κ3) is 3.41. The first-order valence-corrected chi connectivity index (χ1v) is 9.33. The zero-order chi connectivity index (χ0) is 15.6.